The summed E-state index contributed by atoms with van der Waals surface area (Å²) in [5.41, 5.74) is -1.63. The molecule has 0 N–H and O–H groups in total. The Kier molecular flexibility index (Phi) is 6.06. The Morgan fingerprint density at radius 2 is 1.06 bits per heavy atom. The molecule has 0 nitrogen and oxygen atoms in total. The van der Waals surface area contributed by atoms with Crippen molar-refractivity contribution in [2.45, 2.75) is 41.5 Å². The van der Waals surface area contributed by atoms with Crippen LogP contribution in [0.4, 0.5) is 72.6 Å². The van der Waals surface area contributed by atoms with E-state index in [-0.39, 0.29) is 10.6 Å². The highest BCUT2D eigenvalue weighted by molar-refractivity contribution is 9.11. The summed E-state index contributed by atoms with van der Waals surface area (Å²) in [5, 5.41) is -11.1. The van der Waals surface area contributed by atoms with Crippen molar-refractivity contribution < 1.29 is 72.6 Å². The van der Waals surface area contributed by atoms with Gasteiger partial charge in [-0.25, -0.2) is 0 Å². The van der Waals surface area contributed by atoms with Crippen LogP contribution in [0.3, 0.4) is 0 Å². The van der Waals surface area contributed by atoms with E-state index in [1.807, 2.05) is 0 Å². The summed E-state index contributed by atoms with van der Waals surface area (Å²) in [6, 6.07) is 0. The molecule has 0 aliphatic heterocycles. The highest BCUT2D eigenvalue weighted by Gasteiger charge is 2.98. The van der Waals surface area contributed by atoms with Crippen molar-refractivity contribution in [2.75, 3.05) is 0 Å². The first-order valence-corrected chi connectivity index (χ1v) is 10.1. The van der Waals surface area contributed by atoms with Crippen molar-refractivity contribution in [2.24, 2.45) is 0 Å². The standard InChI is InChI=1S/C13H6BrF17S/c14-7-3-1-6(2-4-7)5-32(28,29,30,31)13(26,27)11(21,22)9(17,18)8(15,16)10(19,20)12(23,24)25/h1,3-5H,2H2. The van der Waals surface area contributed by atoms with Crippen LogP contribution in [-0.4, -0.2) is 35.1 Å². The molecule has 19 heteroatoms. The van der Waals surface area contributed by atoms with Gasteiger partial charge in [0.2, 0.25) is 9.84 Å². The van der Waals surface area contributed by atoms with Crippen LogP contribution in [0.15, 0.2) is 33.7 Å². The zero-order valence-electron chi connectivity index (χ0n) is 14.2. The first-order valence-electron chi connectivity index (χ1n) is 7.20. The number of alkyl halides is 13. The van der Waals surface area contributed by atoms with Gasteiger partial charge in [0.25, 0.3) is 0 Å². The fourth-order valence-corrected chi connectivity index (χ4v) is 3.92. The second-order valence-electron chi connectivity index (χ2n) is 6.26. The maximum atomic E-state index is 13.8. The van der Waals surface area contributed by atoms with Crippen molar-refractivity contribution in [3.63, 3.8) is 0 Å². The number of hydrogen-bond acceptors (Lipinski definition) is 0. The van der Waals surface area contributed by atoms with Crippen LogP contribution < -0.4 is 0 Å². The van der Waals surface area contributed by atoms with E-state index >= 15 is 0 Å². The van der Waals surface area contributed by atoms with Crippen LogP contribution in [0.1, 0.15) is 6.42 Å². The highest BCUT2D eigenvalue weighted by Crippen LogP contribution is 3.06. The molecule has 1 aliphatic rings. The van der Waals surface area contributed by atoms with Gasteiger partial charge >= 0.3 is 35.1 Å². The second-order valence-corrected chi connectivity index (χ2v) is 10.2. The maximum Gasteiger partial charge on any atom is 0.460 e. The molecule has 190 valence electrons. The van der Waals surface area contributed by atoms with Gasteiger partial charge in [-0.15, -0.1) is 15.5 Å². The lowest BCUT2D eigenvalue weighted by atomic mass is 9.98. The first-order chi connectivity index (χ1) is 13.5. The number of allylic oxidation sites excluding steroid dienone is 5. The average Bonchev–Trinajstić information content (AvgIpc) is 2.53. The van der Waals surface area contributed by atoms with Crippen LogP contribution in [0.25, 0.3) is 0 Å². The van der Waals surface area contributed by atoms with Gasteiger partial charge in [0.1, 0.15) is 0 Å². The van der Waals surface area contributed by atoms with Crippen LogP contribution in [0, 0.1) is 0 Å². The summed E-state index contributed by atoms with van der Waals surface area (Å²) in [5.74, 6) is -34.4. The lowest BCUT2D eigenvalue weighted by Gasteiger charge is -2.55. The summed E-state index contributed by atoms with van der Waals surface area (Å²) in [4.78, 5) is 0. The summed E-state index contributed by atoms with van der Waals surface area (Å²) in [6.07, 6.45) is -7.48. The van der Waals surface area contributed by atoms with Gasteiger partial charge in [-0.3, -0.25) is 0 Å². The molecule has 0 bridgehead atoms. The molecule has 0 aromatic heterocycles. The number of rotatable bonds is 6. The largest absolute Gasteiger partial charge is 0.460 e. The fraction of sp³-hybridized carbons (Fsp3) is 0.538. The fourth-order valence-electron chi connectivity index (χ4n) is 2.03. The third-order valence-corrected chi connectivity index (χ3v) is 6.51. The van der Waals surface area contributed by atoms with Crippen LogP contribution in [-0.2, 0) is 0 Å². The average molecular weight is 597 g/mol. The zero-order chi connectivity index (χ0) is 26.1. The monoisotopic (exact) mass is 596 g/mol. The molecule has 0 heterocycles. The van der Waals surface area contributed by atoms with E-state index < -0.39 is 62.4 Å². The zero-order valence-corrected chi connectivity index (χ0v) is 16.6. The molecule has 0 radical (unpaired) electrons. The first kappa shape index (κ1) is 28.9. The van der Waals surface area contributed by atoms with Gasteiger partial charge in [-0.05, 0) is 18.1 Å². The smallest absolute Gasteiger partial charge is 0.192 e. The predicted octanol–water partition coefficient (Wildman–Crippen LogP) is 9.22. The molecule has 1 rings (SSSR count). The summed E-state index contributed by atoms with van der Waals surface area (Å²) < 4.78 is 224. The third-order valence-electron chi connectivity index (χ3n) is 3.82. The minimum atomic E-state index is -12.1. The quantitative estimate of drug-likeness (QED) is 0.268. The Morgan fingerprint density at radius 3 is 1.41 bits per heavy atom. The number of hydrogen-bond donors (Lipinski definition) is 0. The molecule has 0 fully saturated rings. The van der Waals surface area contributed by atoms with E-state index in [1.165, 1.54) is 0 Å². The topological polar surface area (TPSA) is 0 Å². The molecule has 0 unspecified atom stereocenters. The van der Waals surface area contributed by atoms with Crippen LogP contribution >= 0.6 is 25.8 Å². The van der Waals surface area contributed by atoms with E-state index in [1.54, 1.807) is 0 Å². The van der Waals surface area contributed by atoms with E-state index in [2.05, 4.69) is 15.9 Å². The van der Waals surface area contributed by atoms with Crippen LogP contribution in [0.5, 0.6) is 0 Å². The third kappa shape index (κ3) is 3.89. The van der Waals surface area contributed by atoms with Gasteiger partial charge in [-0.1, -0.05) is 28.1 Å². The summed E-state index contributed by atoms with van der Waals surface area (Å²) in [6.45, 7) is 0. The van der Waals surface area contributed by atoms with Crippen molar-refractivity contribution in [1.82, 2.24) is 0 Å². The van der Waals surface area contributed by atoms with Gasteiger partial charge in [0.05, 0.1) is 5.41 Å². The normalized spacial score (nSPS) is 21.3. The highest BCUT2D eigenvalue weighted by atomic mass is 79.9. The van der Waals surface area contributed by atoms with Crippen molar-refractivity contribution in [3.05, 3.63) is 33.7 Å². The Hall–Kier alpha value is -1.14. The Morgan fingerprint density at radius 1 is 0.656 bits per heavy atom. The lowest BCUT2D eigenvalue weighted by molar-refractivity contribution is -0.434. The van der Waals surface area contributed by atoms with Gasteiger partial charge in [-0.2, -0.15) is 57.1 Å². The molecule has 1 aliphatic carbocycles. The lowest BCUT2D eigenvalue weighted by Crippen LogP contribution is -2.71. The Balaban J connectivity index is 3.79. The van der Waals surface area contributed by atoms with Gasteiger partial charge < -0.3 is 0 Å². The molecular weight excluding hydrogens is 591 g/mol. The minimum Gasteiger partial charge on any atom is -0.192 e. The number of halogens is 18. The molecule has 32 heavy (non-hydrogen) atoms. The predicted molar refractivity (Wildman–Crippen MR) is 81.7 cm³/mol. The molecule has 0 aromatic carbocycles. The van der Waals surface area contributed by atoms with Gasteiger partial charge in [0.15, 0.2) is 0 Å². The van der Waals surface area contributed by atoms with E-state index in [0.717, 1.165) is 0 Å². The van der Waals surface area contributed by atoms with E-state index in [0.29, 0.717) is 12.2 Å². The molecule has 0 amide bonds. The van der Waals surface area contributed by atoms with Crippen LogP contribution in [0.2, 0.25) is 0 Å². The second kappa shape index (κ2) is 6.71. The Labute approximate surface area is 174 Å². The summed E-state index contributed by atoms with van der Waals surface area (Å²) in [7, 11) is -12.1. The molecule has 0 aromatic rings. The molecule has 0 saturated heterocycles. The van der Waals surface area contributed by atoms with Crippen molar-refractivity contribution >= 4 is 25.8 Å². The SMILES string of the molecule is FC(F)(F)C(F)(F)C(F)(F)C(F)(F)C(F)(F)C(F)(F)S(F)(F)(F)(F)C=C1C=CC(Br)=CC1. The van der Waals surface area contributed by atoms with Crippen molar-refractivity contribution in [1.29, 1.82) is 0 Å². The maximum absolute atomic E-state index is 13.8. The van der Waals surface area contributed by atoms with E-state index in [9.17, 15) is 72.6 Å². The Bertz CT molecular complexity index is 869. The molecule has 0 atom stereocenters. The van der Waals surface area contributed by atoms with Gasteiger partial charge in [0, 0.05) is 4.48 Å². The molecular formula is C13H6BrF17S. The van der Waals surface area contributed by atoms with Crippen molar-refractivity contribution in [3.8, 4) is 0 Å². The molecule has 0 saturated carbocycles. The minimum absolute atomic E-state index is 0.0457. The molecule has 0 spiro atoms. The van der Waals surface area contributed by atoms with E-state index in [4.69, 9.17) is 0 Å². The summed E-state index contributed by atoms with van der Waals surface area (Å²) >= 11 is 2.64.